The maximum absolute atomic E-state index is 11.7. The summed E-state index contributed by atoms with van der Waals surface area (Å²) in [6.07, 6.45) is 3.77. The van der Waals surface area contributed by atoms with Crippen LogP contribution in [0.1, 0.15) is 24.9 Å². The Kier molecular flexibility index (Phi) is 3.08. The first-order chi connectivity index (χ1) is 8.09. The zero-order chi connectivity index (χ0) is 12.4. The molecule has 5 heteroatoms. The number of rotatable bonds is 4. The third-order valence-corrected chi connectivity index (χ3v) is 3.01. The van der Waals surface area contributed by atoms with Gasteiger partial charge in [0.2, 0.25) is 5.91 Å². The maximum atomic E-state index is 11.7. The van der Waals surface area contributed by atoms with E-state index in [2.05, 4.69) is 10.3 Å². The highest BCUT2D eigenvalue weighted by molar-refractivity contribution is 5.89. The van der Waals surface area contributed by atoms with Crippen molar-refractivity contribution in [3.05, 3.63) is 30.1 Å². The van der Waals surface area contributed by atoms with Crippen LogP contribution in [-0.2, 0) is 9.59 Å². The van der Waals surface area contributed by atoms with E-state index in [1.165, 1.54) is 0 Å². The number of aliphatic carboxylic acids is 1. The SMILES string of the molecule is C[C@H](NC(=O)[C@@H]1C[C@@H]1C(=O)O)c1ccncc1. The zero-order valence-corrected chi connectivity index (χ0v) is 9.46. The third-order valence-electron chi connectivity index (χ3n) is 3.01. The van der Waals surface area contributed by atoms with Crippen LogP contribution in [0, 0.1) is 11.8 Å². The highest BCUT2D eigenvalue weighted by Crippen LogP contribution is 2.39. The number of hydrogen-bond donors (Lipinski definition) is 2. The average Bonchev–Trinajstić information content (AvgIpc) is 3.10. The summed E-state index contributed by atoms with van der Waals surface area (Å²) in [5.41, 5.74) is 0.959. The van der Waals surface area contributed by atoms with Gasteiger partial charge in [-0.1, -0.05) is 0 Å². The fourth-order valence-corrected chi connectivity index (χ4v) is 1.81. The second-order valence-electron chi connectivity index (χ2n) is 4.30. The van der Waals surface area contributed by atoms with Crippen molar-refractivity contribution in [1.29, 1.82) is 0 Å². The number of nitrogens with one attached hydrogen (secondary N) is 1. The van der Waals surface area contributed by atoms with Gasteiger partial charge in [0.1, 0.15) is 0 Å². The zero-order valence-electron chi connectivity index (χ0n) is 9.46. The number of amides is 1. The van der Waals surface area contributed by atoms with Crippen molar-refractivity contribution < 1.29 is 14.7 Å². The van der Waals surface area contributed by atoms with Crippen LogP contribution in [0.4, 0.5) is 0 Å². The number of nitrogens with zero attached hydrogens (tertiary/aromatic N) is 1. The number of carbonyl (C=O) groups is 2. The first-order valence-electron chi connectivity index (χ1n) is 5.52. The van der Waals surface area contributed by atoms with Gasteiger partial charge in [-0.15, -0.1) is 0 Å². The number of carboxylic acid groups (broad SMARTS) is 1. The molecular weight excluding hydrogens is 220 g/mol. The fourth-order valence-electron chi connectivity index (χ4n) is 1.81. The van der Waals surface area contributed by atoms with Crippen LogP contribution in [-0.4, -0.2) is 22.0 Å². The van der Waals surface area contributed by atoms with Crippen molar-refractivity contribution in [3.63, 3.8) is 0 Å². The van der Waals surface area contributed by atoms with Crippen molar-refractivity contribution in [2.75, 3.05) is 0 Å². The lowest BCUT2D eigenvalue weighted by Crippen LogP contribution is -2.29. The molecule has 1 fully saturated rings. The van der Waals surface area contributed by atoms with E-state index < -0.39 is 11.9 Å². The molecule has 0 bridgehead atoms. The lowest BCUT2D eigenvalue weighted by atomic mass is 10.1. The van der Waals surface area contributed by atoms with E-state index in [1.807, 2.05) is 19.1 Å². The molecule has 17 heavy (non-hydrogen) atoms. The Balaban J connectivity index is 1.90. The van der Waals surface area contributed by atoms with Gasteiger partial charge in [-0.2, -0.15) is 0 Å². The number of carbonyl (C=O) groups excluding carboxylic acids is 1. The molecule has 2 N–H and O–H groups in total. The van der Waals surface area contributed by atoms with E-state index in [0.29, 0.717) is 6.42 Å². The average molecular weight is 234 g/mol. The van der Waals surface area contributed by atoms with Gasteiger partial charge in [0, 0.05) is 12.4 Å². The molecule has 1 amide bonds. The second-order valence-corrected chi connectivity index (χ2v) is 4.30. The lowest BCUT2D eigenvalue weighted by Gasteiger charge is -2.13. The van der Waals surface area contributed by atoms with Crippen LogP contribution in [0.5, 0.6) is 0 Å². The van der Waals surface area contributed by atoms with E-state index in [4.69, 9.17) is 5.11 Å². The third kappa shape index (κ3) is 2.61. The van der Waals surface area contributed by atoms with Crippen LogP contribution in [0.15, 0.2) is 24.5 Å². The molecule has 0 unspecified atom stereocenters. The van der Waals surface area contributed by atoms with E-state index in [0.717, 1.165) is 5.56 Å². The molecule has 0 radical (unpaired) electrons. The number of pyridine rings is 1. The first kappa shape index (κ1) is 11.6. The van der Waals surface area contributed by atoms with Crippen molar-refractivity contribution in [3.8, 4) is 0 Å². The summed E-state index contributed by atoms with van der Waals surface area (Å²) in [6, 6.07) is 3.53. The molecule has 1 aromatic heterocycles. The van der Waals surface area contributed by atoms with Crippen LogP contribution < -0.4 is 5.32 Å². The van der Waals surface area contributed by atoms with E-state index >= 15 is 0 Å². The first-order valence-corrected chi connectivity index (χ1v) is 5.52. The summed E-state index contributed by atoms with van der Waals surface area (Å²) in [7, 11) is 0. The van der Waals surface area contributed by atoms with Gasteiger partial charge in [-0.25, -0.2) is 0 Å². The van der Waals surface area contributed by atoms with Crippen LogP contribution in [0.2, 0.25) is 0 Å². The van der Waals surface area contributed by atoms with Crippen LogP contribution >= 0.6 is 0 Å². The minimum atomic E-state index is -0.887. The Labute approximate surface area is 98.9 Å². The number of carboxylic acids is 1. The molecular formula is C12H14N2O3. The molecule has 1 heterocycles. The lowest BCUT2D eigenvalue weighted by molar-refractivity contribution is -0.140. The molecule has 0 aromatic carbocycles. The summed E-state index contributed by atoms with van der Waals surface area (Å²) in [5.74, 6) is -1.93. The molecule has 1 aromatic rings. The monoisotopic (exact) mass is 234 g/mol. The summed E-state index contributed by atoms with van der Waals surface area (Å²) in [4.78, 5) is 26.3. The van der Waals surface area contributed by atoms with E-state index in [-0.39, 0.29) is 17.9 Å². The Morgan fingerprint density at radius 2 is 2.06 bits per heavy atom. The molecule has 0 saturated heterocycles. The van der Waals surface area contributed by atoms with Gasteiger partial charge in [0.25, 0.3) is 0 Å². The normalized spacial score (nSPS) is 23.8. The quantitative estimate of drug-likeness (QED) is 0.813. The smallest absolute Gasteiger partial charge is 0.307 e. The Hall–Kier alpha value is -1.91. The summed E-state index contributed by atoms with van der Waals surface area (Å²) >= 11 is 0. The highest BCUT2D eigenvalue weighted by Gasteiger charge is 2.48. The fraction of sp³-hybridized carbons (Fsp3) is 0.417. The summed E-state index contributed by atoms with van der Waals surface area (Å²) < 4.78 is 0. The molecule has 1 aliphatic rings. The largest absolute Gasteiger partial charge is 0.481 e. The van der Waals surface area contributed by atoms with Crippen molar-refractivity contribution in [2.45, 2.75) is 19.4 Å². The Morgan fingerprint density at radius 3 is 2.59 bits per heavy atom. The van der Waals surface area contributed by atoms with E-state index in [1.54, 1.807) is 12.4 Å². The molecule has 1 saturated carbocycles. The molecule has 5 nitrogen and oxygen atoms in total. The van der Waals surface area contributed by atoms with Gasteiger partial charge in [-0.3, -0.25) is 14.6 Å². The van der Waals surface area contributed by atoms with Gasteiger partial charge in [-0.05, 0) is 31.0 Å². The molecule has 0 spiro atoms. The van der Waals surface area contributed by atoms with Crippen molar-refractivity contribution >= 4 is 11.9 Å². The second kappa shape index (κ2) is 4.53. The molecule has 0 aliphatic heterocycles. The topological polar surface area (TPSA) is 79.3 Å². The molecule has 1 aliphatic carbocycles. The molecule has 2 rings (SSSR count). The number of hydrogen-bond acceptors (Lipinski definition) is 3. The van der Waals surface area contributed by atoms with E-state index in [9.17, 15) is 9.59 Å². The van der Waals surface area contributed by atoms with Gasteiger partial charge >= 0.3 is 5.97 Å². The molecule has 90 valence electrons. The predicted octanol–water partition coefficient (Wildman–Crippen LogP) is 0.979. The summed E-state index contributed by atoms with van der Waals surface area (Å²) in [6.45, 7) is 1.87. The maximum Gasteiger partial charge on any atom is 0.307 e. The highest BCUT2D eigenvalue weighted by atomic mass is 16.4. The predicted molar refractivity (Wildman–Crippen MR) is 60.0 cm³/mol. The van der Waals surface area contributed by atoms with Crippen molar-refractivity contribution in [1.82, 2.24) is 10.3 Å². The minimum absolute atomic E-state index is 0.124. The molecule has 3 atom stereocenters. The van der Waals surface area contributed by atoms with Gasteiger partial charge in [0.05, 0.1) is 17.9 Å². The van der Waals surface area contributed by atoms with Crippen LogP contribution in [0.25, 0.3) is 0 Å². The van der Waals surface area contributed by atoms with Gasteiger partial charge < -0.3 is 10.4 Å². The Bertz CT molecular complexity index is 433. The standard InChI is InChI=1S/C12H14N2O3/c1-7(8-2-4-13-5-3-8)14-11(15)9-6-10(9)12(16)17/h2-5,7,9-10H,6H2,1H3,(H,14,15)(H,16,17)/t7-,9+,10-/m0/s1. The van der Waals surface area contributed by atoms with Gasteiger partial charge in [0.15, 0.2) is 0 Å². The van der Waals surface area contributed by atoms with Crippen molar-refractivity contribution in [2.24, 2.45) is 11.8 Å². The van der Waals surface area contributed by atoms with Crippen LogP contribution in [0.3, 0.4) is 0 Å². The minimum Gasteiger partial charge on any atom is -0.481 e. The summed E-state index contributed by atoms with van der Waals surface area (Å²) in [5, 5.41) is 11.5. The number of aromatic nitrogens is 1. The Morgan fingerprint density at radius 1 is 1.41 bits per heavy atom.